The Hall–Kier alpha value is -0.120. The largest absolute Gasteiger partial charge is 0.375 e. The minimum atomic E-state index is -0.0154. The highest BCUT2D eigenvalue weighted by atomic mass is 16.5. The molecule has 2 atom stereocenters. The Morgan fingerprint density at radius 3 is 2.48 bits per heavy atom. The van der Waals surface area contributed by atoms with E-state index in [4.69, 9.17) is 4.74 Å². The molecule has 21 heavy (non-hydrogen) atoms. The van der Waals surface area contributed by atoms with E-state index in [0.29, 0.717) is 12.1 Å². The van der Waals surface area contributed by atoms with Crippen molar-refractivity contribution in [2.75, 3.05) is 26.2 Å². The fraction of sp³-hybridized carbons (Fsp3) is 1.00. The van der Waals surface area contributed by atoms with E-state index in [0.717, 1.165) is 25.6 Å². The van der Waals surface area contributed by atoms with Crippen LogP contribution in [0.1, 0.15) is 66.2 Å². The van der Waals surface area contributed by atoms with Crippen molar-refractivity contribution in [3.63, 3.8) is 0 Å². The van der Waals surface area contributed by atoms with Crippen molar-refractivity contribution in [3.05, 3.63) is 0 Å². The van der Waals surface area contributed by atoms with Gasteiger partial charge in [0.25, 0.3) is 0 Å². The predicted octanol–water partition coefficient (Wildman–Crippen LogP) is 3.43. The van der Waals surface area contributed by atoms with Gasteiger partial charge in [-0.3, -0.25) is 4.90 Å². The van der Waals surface area contributed by atoms with Crippen LogP contribution in [0.4, 0.5) is 0 Å². The smallest absolute Gasteiger partial charge is 0.0600 e. The molecular formula is C18H36N2O. The van der Waals surface area contributed by atoms with Crippen LogP contribution in [0.15, 0.2) is 0 Å². The molecule has 1 saturated heterocycles. The summed E-state index contributed by atoms with van der Waals surface area (Å²) in [5.74, 6) is 0.905. The van der Waals surface area contributed by atoms with Gasteiger partial charge < -0.3 is 10.1 Å². The Morgan fingerprint density at radius 1 is 1.14 bits per heavy atom. The van der Waals surface area contributed by atoms with Crippen LogP contribution in [-0.2, 0) is 4.74 Å². The first-order chi connectivity index (χ1) is 9.99. The summed E-state index contributed by atoms with van der Waals surface area (Å²) in [7, 11) is 0. The highest BCUT2D eigenvalue weighted by molar-refractivity contribution is 4.90. The Morgan fingerprint density at radius 2 is 1.86 bits per heavy atom. The van der Waals surface area contributed by atoms with Gasteiger partial charge in [0.15, 0.2) is 0 Å². The quantitative estimate of drug-likeness (QED) is 0.841. The van der Waals surface area contributed by atoms with Gasteiger partial charge in [-0.1, -0.05) is 26.2 Å². The molecule has 0 radical (unpaired) electrons. The minimum absolute atomic E-state index is 0.0154. The van der Waals surface area contributed by atoms with Crippen molar-refractivity contribution >= 4 is 0 Å². The van der Waals surface area contributed by atoms with Crippen molar-refractivity contribution in [3.8, 4) is 0 Å². The van der Waals surface area contributed by atoms with E-state index in [2.05, 4.69) is 37.9 Å². The summed E-state index contributed by atoms with van der Waals surface area (Å²) in [6.07, 6.45) is 8.42. The van der Waals surface area contributed by atoms with Gasteiger partial charge in [-0.15, -0.1) is 0 Å². The molecule has 2 fully saturated rings. The minimum Gasteiger partial charge on any atom is -0.375 e. The van der Waals surface area contributed by atoms with E-state index in [9.17, 15) is 0 Å². The summed E-state index contributed by atoms with van der Waals surface area (Å²) in [6.45, 7) is 13.1. The lowest BCUT2D eigenvalue weighted by Gasteiger charge is -2.44. The summed E-state index contributed by atoms with van der Waals surface area (Å²) in [6, 6.07) is 1.40. The highest BCUT2D eigenvalue weighted by Gasteiger charge is 2.31. The van der Waals surface area contributed by atoms with Gasteiger partial charge in [-0.25, -0.2) is 0 Å². The highest BCUT2D eigenvalue weighted by Crippen LogP contribution is 2.28. The molecule has 3 heteroatoms. The van der Waals surface area contributed by atoms with Gasteiger partial charge in [0.05, 0.1) is 12.2 Å². The van der Waals surface area contributed by atoms with Crippen molar-refractivity contribution in [2.45, 2.75) is 83.9 Å². The zero-order chi connectivity index (χ0) is 15.3. The van der Waals surface area contributed by atoms with Crippen LogP contribution in [0.5, 0.6) is 0 Å². The third kappa shape index (κ3) is 5.54. The molecule has 0 bridgehead atoms. The maximum Gasteiger partial charge on any atom is 0.0600 e. The second-order valence-electron chi connectivity index (χ2n) is 7.93. The van der Waals surface area contributed by atoms with E-state index in [1.54, 1.807) is 0 Å². The van der Waals surface area contributed by atoms with Crippen LogP contribution < -0.4 is 5.32 Å². The summed E-state index contributed by atoms with van der Waals surface area (Å²) in [5.41, 5.74) is -0.0154. The van der Waals surface area contributed by atoms with E-state index < -0.39 is 0 Å². The van der Waals surface area contributed by atoms with Gasteiger partial charge in [-0.2, -0.15) is 0 Å². The van der Waals surface area contributed by atoms with Gasteiger partial charge >= 0.3 is 0 Å². The first kappa shape index (κ1) is 17.2. The Kier molecular flexibility index (Phi) is 6.51. The van der Waals surface area contributed by atoms with Crippen LogP contribution >= 0.6 is 0 Å². The van der Waals surface area contributed by atoms with Crippen molar-refractivity contribution in [2.24, 2.45) is 5.92 Å². The number of ether oxygens (including phenoxy) is 1. The predicted molar refractivity (Wildman–Crippen MR) is 89.7 cm³/mol. The van der Waals surface area contributed by atoms with Gasteiger partial charge in [0, 0.05) is 31.7 Å². The first-order valence-electron chi connectivity index (χ1n) is 9.11. The van der Waals surface area contributed by atoms with Crippen LogP contribution in [-0.4, -0.2) is 48.8 Å². The molecule has 0 spiro atoms. The molecule has 2 aliphatic rings. The molecular weight excluding hydrogens is 260 g/mol. The monoisotopic (exact) mass is 296 g/mol. The fourth-order valence-electron chi connectivity index (χ4n) is 3.88. The number of hydrogen-bond acceptors (Lipinski definition) is 3. The average molecular weight is 296 g/mol. The zero-order valence-corrected chi connectivity index (χ0v) is 14.7. The molecule has 1 heterocycles. The van der Waals surface area contributed by atoms with Crippen LogP contribution in [0, 0.1) is 5.92 Å². The van der Waals surface area contributed by atoms with Gasteiger partial charge in [0.1, 0.15) is 0 Å². The molecule has 1 N–H and O–H groups in total. The number of piperazine rings is 1. The van der Waals surface area contributed by atoms with Crippen molar-refractivity contribution < 1.29 is 4.74 Å². The molecule has 0 amide bonds. The van der Waals surface area contributed by atoms with Crippen molar-refractivity contribution in [1.82, 2.24) is 10.2 Å². The Labute approximate surface area is 131 Å². The number of nitrogens with one attached hydrogen (secondary N) is 1. The van der Waals surface area contributed by atoms with E-state index in [1.807, 2.05) is 0 Å². The number of nitrogens with zero attached hydrogens (tertiary/aromatic N) is 1. The van der Waals surface area contributed by atoms with Crippen LogP contribution in [0.2, 0.25) is 0 Å². The fourth-order valence-corrected chi connectivity index (χ4v) is 3.88. The van der Waals surface area contributed by atoms with Crippen LogP contribution in [0.3, 0.4) is 0 Å². The molecule has 2 rings (SSSR count). The topological polar surface area (TPSA) is 24.5 Å². The molecule has 1 saturated carbocycles. The van der Waals surface area contributed by atoms with Crippen LogP contribution in [0.25, 0.3) is 0 Å². The standard InChI is InChI=1S/C18H36N2O/c1-5-16-13-19-17(15-9-7-6-8-10-15)14-20(16)11-12-21-18(2,3)4/h15-17,19H,5-14H2,1-4H3. The molecule has 1 aliphatic carbocycles. The second kappa shape index (κ2) is 7.94. The molecule has 124 valence electrons. The van der Waals surface area contributed by atoms with E-state index >= 15 is 0 Å². The lowest BCUT2D eigenvalue weighted by molar-refractivity contribution is -0.0247. The maximum atomic E-state index is 5.94. The summed E-state index contributed by atoms with van der Waals surface area (Å²) in [4.78, 5) is 2.68. The number of rotatable bonds is 5. The lowest BCUT2D eigenvalue weighted by atomic mass is 9.82. The maximum absolute atomic E-state index is 5.94. The summed E-state index contributed by atoms with van der Waals surface area (Å²) < 4.78 is 5.94. The van der Waals surface area contributed by atoms with E-state index in [-0.39, 0.29) is 5.60 Å². The number of hydrogen-bond donors (Lipinski definition) is 1. The third-order valence-electron chi connectivity index (χ3n) is 5.17. The van der Waals surface area contributed by atoms with Gasteiger partial charge in [-0.05, 0) is 46.0 Å². The Bertz CT molecular complexity index is 294. The zero-order valence-electron chi connectivity index (χ0n) is 14.7. The van der Waals surface area contributed by atoms with Gasteiger partial charge in [0.2, 0.25) is 0 Å². The Balaban J connectivity index is 1.83. The third-order valence-corrected chi connectivity index (χ3v) is 5.17. The first-order valence-corrected chi connectivity index (χ1v) is 9.11. The molecule has 3 nitrogen and oxygen atoms in total. The SMILES string of the molecule is CCC1CNC(C2CCCCC2)CN1CCOC(C)(C)C. The summed E-state index contributed by atoms with van der Waals surface area (Å²) in [5, 5.41) is 3.84. The normalized spacial score (nSPS) is 29.7. The summed E-state index contributed by atoms with van der Waals surface area (Å²) >= 11 is 0. The molecule has 1 aliphatic heterocycles. The molecule has 2 unspecified atom stereocenters. The molecule has 0 aromatic rings. The van der Waals surface area contributed by atoms with E-state index in [1.165, 1.54) is 45.1 Å². The van der Waals surface area contributed by atoms with Crippen molar-refractivity contribution in [1.29, 1.82) is 0 Å². The lowest BCUT2D eigenvalue weighted by Crippen LogP contribution is -2.59. The average Bonchev–Trinajstić information content (AvgIpc) is 2.47. The molecule has 0 aromatic carbocycles. The molecule has 0 aromatic heterocycles. The second-order valence-corrected chi connectivity index (χ2v) is 7.93.